The molecule has 0 radical (unpaired) electrons. The maximum absolute atomic E-state index is 11.5. The molecule has 2 aliphatic rings. The minimum absolute atomic E-state index is 0.232. The van der Waals surface area contributed by atoms with Gasteiger partial charge in [-0.15, -0.1) is 0 Å². The predicted molar refractivity (Wildman–Crippen MR) is 55.9 cm³/mol. The highest BCUT2D eigenvalue weighted by atomic mass is 16.1. The largest absolute Gasteiger partial charge is 0.355 e. The second-order valence-electron chi connectivity index (χ2n) is 4.65. The molecule has 1 atom stereocenters. The van der Waals surface area contributed by atoms with Crippen LogP contribution in [0.4, 0.5) is 0 Å². The molecule has 2 fully saturated rings. The highest BCUT2D eigenvalue weighted by Gasteiger charge is 2.32. The van der Waals surface area contributed by atoms with Crippen LogP contribution in [0, 0.1) is 11.8 Å². The van der Waals surface area contributed by atoms with Crippen molar-refractivity contribution in [3.05, 3.63) is 0 Å². The Morgan fingerprint density at radius 3 is 2.57 bits per heavy atom. The normalized spacial score (nSPS) is 23.2. The van der Waals surface area contributed by atoms with Crippen molar-refractivity contribution in [2.24, 2.45) is 11.8 Å². The minimum atomic E-state index is 0.232. The molecule has 0 spiro atoms. The Morgan fingerprint density at radius 1 is 1.29 bits per heavy atom. The number of hydrogen-bond acceptors (Lipinski definition) is 2. The zero-order valence-electron chi connectivity index (χ0n) is 8.88. The summed E-state index contributed by atoms with van der Waals surface area (Å²) in [7, 11) is 0. The van der Waals surface area contributed by atoms with Crippen LogP contribution in [0.2, 0.25) is 0 Å². The summed E-state index contributed by atoms with van der Waals surface area (Å²) in [5, 5.41) is 6.37. The molecule has 2 N–H and O–H groups in total. The van der Waals surface area contributed by atoms with Crippen molar-refractivity contribution >= 4 is 5.91 Å². The van der Waals surface area contributed by atoms with Crippen molar-refractivity contribution in [1.82, 2.24) is 10.6 Å². The van der Waals surface area contributed by atoms with Gasteiger partial charge in [-0.1, -0.05) is 6.92 Å². The van der Waals surface area contributed by atoms with Gasteiger partial charge in [-0.3, -0.25) is 4.79 Å². The lowest BCUT2D eigenvalue weighted by atomic mass is 10.1. The van der Waals surface area contributed by atoms with E-state index < -0.39 is 0 Å². The minimum Gasteiger partial charge on any atom is -0.355 e. The summed E-state index contributed by atoms with van der Waals surface area (Å²) in [4.78, 5) is 11.5. The van der Waals surface area contributed by atoms with Gasteiger partial charge in [0.05, 0.1) is 0 Å². The van der Waals surface area contributed by atoms with Crippen LogP contribution >= 0.6 is 0 Å². The van der Waals surface area contributed by atoms with Gasteiger partial charge in [0.2, 0.25) is 5.91 Å². The van der Waals surface area contributed by atoms with E-state index in [1.54, 1.807) is 0 Å². The van der Waals surface area contributed by atoms with E-state index in [0.29, 0.717) is 5.92 Å². The van der Waals surface area contributed by atoms with Crippen LogP contribution in [0.15, 0.2) is 0 Å². The van der Waals surface area contributed by atoms with Gasteiger partial charge in [-0.25, -0.2) is 0 Å². The number of nitrogens with one attached hydrogen (secondary N) is 2. The second-order valence-corrected chi connectivity index (χ2v) is 4.65. The first-order chi connectivity index (χ1) is 6.77. The molecule has 1 amide bonds. The lowest BCUT2D eigenvalue weighted by molar-refractivity contribution is -0.125. The van der Waals surface area contributed by atoms with Crippen LogP contribution < -0.4 is 10.6 Å². The molecule has 0 bridgehead atoms. The first-order valence-electron chi connectivity index (χ1n) is 5.78. The van der Waals surface area contributed by atoms with Crippen molar-refractivity contribution in [3.63, 3.8) is 0 Å². The lowest BCUT2D eigenvalue weighted by Crippen LogP contribution is -2.36. The third-order valence-corrected chi connectivity index (χ3v) is 3.18. The standard InChI is InChI=1S/C11H20N2O/c1-8(9-2-3-9)11(14)13-7-6-12-10-4-5-10/h8-10,12H,2-7H2,1H3,(H,13,14). The summed E-state index contributed by atoms with van der Waals surface area (Å²) < 4.78 is 0. The van der Waals surface area contributed by atoms with Gasteiger partial charge in [0.15, 0.2) is 0 Å². The number of carbonyl (C=O) groups excluding carboxylic acids is 1. The average molecular weight is 196 g/mol. The van der Waals surface area contributed by atoms with E-state index in [2.05, 4.69) is 10.6 Å². The van der Waals surface area contributed by atoms with Gasteiger partial charge >= 0.3 is 0 Å². The molecule has 2 rings (SSSR count). The van der Waals surface area contributed by atoms with Crippen LogP contribution in [-0.2, 0) is 4.79 Å². The molecule has 0 saturated heterocycles. The van der Waals surface area contributed by atoms with E-state index in [0.717, 1.165) is 19.1 Å². The van der Waals surface area contributed by atoms with Crippen LogP contribution in [0.25, 0.3) is 0 Å². The maximum atomic E-state index is 11.5. The molecule has 1 unspecified atom stereocenters. The van der Waals surface area contributed by atoms with Crippen LogP contribution in [-0.4, -0.2) is 25.0 Å². The smallest absolute Gasteiger partial charge is 0.223 e. The van der Waals surface area contributed by atoms with Crippen molar-refractivity contribution in [2.45, 2.75) is 38.6 Å². The van der Waals surface area contributed by atoms with Gasteiger partial charge < -0.3 is 10.6 Å². The number of amides is 1. The Hall–Kier alpha value is -0.570. The summed E-state index contributed by atoms with van der Waals surface area (Å²) in [6.07, 6.45) is 5.11. The third-order valence-electron chi connectivity index (χ3n) is 3.18. The molecule has 14 heavy (non-hydrogen) atoms. The van der Waals surface area contributed by atoms with E-state index in [1.807, 2.05) is 6.92 Å². The van der Waals surface area contributed by atoms with Crippen LogP contribution in [0.3, 0.4) is 0 Å². The Labute approximate surface area is 85.6 Å². The molecule has 0 heterocycles. The highest BCUT2D eigenvalue weighted by molar-refractivity contribution is 5.78. The molecule has 80 valence electrons. The quantitative estimate of drug-likeness (QED) is 0.620. The molecule has 3 heteroatoms. The van der Waals surface area contributed by atoms with Crippen molar-refractivity contribution in [1.29, 1.82) is 0 Å². The van der Waals surface area contributed by atoms with Crippen molar-refractivity contribution in [3.8, 4) is 0 Å². The summed E-state index contributed by atoms with van der Waals surface area (Å²) in [6, 6.07) is 0.743. The zero-order chi connectivity index (χ0) is 9.97. The molecule has 0 aliphatic heterocycles. The molecule has 2 saturated carbocycles. The lowest BCUT2D eigenvalue weighted by Gasteiger charge is -2.11. The monoisotopic (exact) mass is 196 g/mol. The zero-order valence-corrected chi connectivity index (χ0v) is 8.88. The molecule has 3 nitrogen and oxygen atoms in total. The molecular formula is C11H20N2O. The van der Waals surface area contributed by atoms with Crippen LogP contribution in [0.1, 0.15) is 32.6 Å². The summed E-state index contributed by atoms with van der Waals surface area (Å²) in [5.74, 6) is 1.15. The van der Waals surface area contributed by atoms with E-state index in [9.17, 15) is 4.79 Å². The van der Waals surface area contributed by atoms with Crippen molar-refractivity contribution < 1.29 is 4.79 Å². The van der Waals surface area contributed by atoms with Gasteiger partial charge in [-0.2, -0.15) is 0 Å². The summed E-state index contributed by atoms with van der Waals surface area (Å²) >= 11 is 0. The fourth-order valence-electron chi connectivity index (χ4n) is 1.72. The Bertz CT molecular complexity index is 209. The van der Waals surface area contributed by atoms with E-state index >= 15 is 0 Å². The molecule has 0 aromatic rings. The first-order valence-corrected chi connectivity index (χ1v) is 5.78. The Balaban J connectivity index is 1.52. The van der Waals surface area contributed by atoms with Crippen molar-refractivity contribution in [2.75, 3.05) is 13.1 Å². The topological polar surface area (TPSA) is 41.1 Å². The Kier molecular flexibility index (Phi) is 3.06. The average Bonchev–Trinajstić information content (AvgIpc) is 3.04. The summed E-state index contributed by atoms with van der Waals surface area (Å²) in [5.41, 5.74) is 0. The van der Waals surface area contributed by atoms with E-state index in [-0.39, 0.29) is 11.8 Å². The van der Waals surface area contributed by atoms with Gasteiger partial charge in [0.25, 0.3) is 0 Å². The van der Waals surface area contributed by atoms with Crippen LogP contribution in [0.5, 0.6) is 0 Å². The molecule has 2 aliphatic carbocycles. The number of hydrogen-bond donors (Lipinski definition) is 2. The number of rotatable bonds is 6. The van der Waals surface area contributed by atoms with Gasteiger partial charge in [-0.05, 0) is 31.6 Å². The number of carbonyl (C=O) groups is 1. The van der Waals surface area contributed by atoms with Gasteiger partial charge in [0.1, 0.15) is 0 Å². The molecule has 0 aromatic heterocycles. The SMILES string of the molecule is CC(C(=O)NCCNC1CC1)C1CC1. The van der Waals surface area contributed by atoms with E-state index in [1.165, 1.54) is 25.7 Å². The fourth-order valence-corrected chi connectivity index (χ4v) is 1.72. The maximum Gasteiger partial charge on any atom is 0.223 e. The third kappa shape index (κ3) is 2.98. The second kappa shape index (κ2) is 4.30. The molecule has 0 aromatic carbocycles. The predicted octanol–water partition coefficient (Wildman–Crippen LogP) is 0.901. The summed E-state index contributed by atoms with van der Waals surface area (Å²) in [6.45, 7) is 3.75. The fraction of sp³-hybridized carbons (Fsp3) is 0.909. The highest BCUT2D eigenvalue weighted by Crippen LogP contribution is 2.36. The molecular weight excluding hydrogens is 176 g/mol. The van der Waals surface area contributed by atoms with E-state index in [4.69, 9.17) is 0 Å². The Morgan fingerprint density at radius 2 is 2.00 bits per heavy atom. The van der Waals surface area contributed by atoms with Gasteiger partial charge in [0, 0.05) is 25.0 Å². The first kappa shape index (κ1) is 9.97.